The van der Waals surface area contributed by atoms with Gasteiger partial charge in [0, 0.05) is 37.4 Å². The SMILES string of the molecule is Cc1ccc(CNc2ccc3c(c2)CN2CCCC(C2)C(=O)NCCOCCO3)cc1. The maximum atomic E-state index is 12.5. The zero-order chi connectivity index (χ0) is 21.5. The molecule has 6 nitrogen and oxygen atoms in total. The highest BCUT2D eigenvalue weighted by Gasteiger charge is 2.26. The van der Waals surface area contributed by atoms with Gasteiger partial charge >= 0.3 is 0 Å². The highest BCUT2D eigenvalue weighted by atomic mass is 16.5. The van der Waals surface area contributed by atoms with Crippen LogP contribution in [0, 0.1) is 12.8 Å². The van der Waals surface area contributed by atoms with E-state index in [0.29, 0.717) is 26.4 Å². The summed E-state index contributed by atoms with van der Waals surface area (Å²) in [5, 5.41) is 6.55. The highest BCUT2D eigenvalue weighted by Crippen LogP contribution is 2.27. The number of hydrogen-bond donors (Lipinski definition) is 2. The van der Waals surface area contributed by atoms with Gasteiger partial charge in [0.05, 0.1) is 19.1 Å². The number of ether oxygens (including phenoxy) is 2. The Labute approximate surface area is 184 Å². The van der Waals surface area contributed by atoms with Crippen molar-refractivity contribution in [3.05, 3.63) is 59.2 Å². The van der Waals surface area contributed by atoms with Gasteiger partial charge < -0.3 is 20.1 Å². The molecule has 2 aliphatic heterocycles. The van der Waals surface area contributed by atoms with E-state index in [1.165, 1.54) is 11.1 Å². The smallest absolute Gasteiger partial charge is 0.224 e. The molecule has 4 rings (SSSR count). The summed E-state index contributed by atoms with van der Waals surface area (Å²) in [6.07, 6.45) is 1.99. The Morgan fingerprint density at radius 2 is 2.00 bits per heavy atom. The minimum absolute atomic E-state index is 0.0453. The van der Waals surface area contributed by atoms with Crippen LogP contribution >= 0.6 is 0 Å². The first-order valence-electron chi connectivity index (χ1n) is 11.3. The summed E-state index contributed by atoms with van der Waals surface area (Å²) >= 11 is 0. The van der Waals surface area contributed by atoms with Crippen molar-refractivity contribution < 1.29 is 14.3 Å². The summed E-state index contributed by atoms with van der Waals surface area (Å²) in [6.45, 7) is 7.53. The minimum atomic E-state index is 0.0453. The largest absolute Gasteiger partial charge is 0.491 e. The van der Waals surface area contributed by atoms with Crippen molar-refractivity contribution in [2.24, 2.45) is 5.92 Å². The van der Waals surface area contributed by atoms with Gasteiger partial charge in [-0.1, -0.05) is 29.8 Å². The molecule has 2 bridgehead atoms. The molecule has 0 spiro atoms. The summed E-state index contributed by atoms with van der Waals surface area (Å²) in [4.78, 5) is 14.9. The number of anilines is 1. The zero-order valence-corrected chi connectivity index (χ0v) is 18.4. The number of carbonyl (C=O) groups is 1. The Bertz CT molecular complexity index is 869. The molecule has 2 unspecified atom stereocenters. The topological polar surface area (TPSA) is 62.8 Å². The van der Waals surface area contributed by atoms with Crippen LogP contribution in [-0.4, -0.2) is 50.3 Å². The normalized spacial score (nSPS) is 22.4. The Kier molecular flexibility index (Phi) is 7.43. The first-order valence-corrected chi connectivity index (χ1v) is 11.3. The molecule has 0 aliphatic carbocycles. The van der Waals surface area contributed by atoms with Crippen LogP contribution < -0.4 is 15.4 Å². The number of aryl methyl sites for hydroxylation is 1. The average molecular weight is 424 g/mol. The summed E-state index contributed by atoms with van der Waals surface area (Å²) in [5.41, 5.74) is 4.74. The minimum Gasteiger partial charge on any atom is -0.491 e. The molecule has 1 fully saturated rings. The third-order valence-electron chi connectivity index (χ3n) is 5.98. The van der Waals surface area contributed by atoms with Crippen molar-refractivity contribution >= 4 is 11.6 Å². The van der Waals surface area contributed by atoms with Gasteiger partial charge in [0.1, 0.15) is 12.4 Å². The van der Waals surface area contributed by atoms with E-state index in [9.17, 15) is 4.79 Å². The monoisotopic (exact) mass is 423 g/mol. The lowest BCUT2D eigenvalue weighted by atomic mass is 9.96. The van der Waals surface area contributed by atoms with Gasteiger partial charge in [-0.15, -0.1) is 0 Å². The summed E-state index contributed by atoms with van der Waals surface area (Å²) < 4.78 is 11.7. The van der Waals surface area contributed by atoms with Crippen LogP contribution in [0.15, 0.2) is 42.5 Å². The lowest BCUT2D eigenvalue weighted by Crippen LogP contribution is -2.43. The Hall–Kier alpha value is -2.57. The molecule has 0 saturated carbocycles. The number of piperidine rings is 1. The van der Waals surface area contributed by atoms with Gasteiger partial charge in [0.15, 0.2) is 0 Å². The average Bonchev–Trinajstić information content (AvgIpc) is 2.78. The second kappa shape index (κ2) is 10.6. The van der Waals surface area contributed by atoms with Crippen LogP contribution in [0.25, 0.3) is 0 Å². The van der Waals surface area contributed by atoms with Crippen LogP contribution in [0.3, 0.4) is 0 Å². The third-order valence-corrected chi connectivity index (χ3v) is 5.98. The Morgan fingerprint density at radius 3 is 2.87 bits per heavy atom. The number of amides is 1. The van der Waals surface area contributed by atoms with E-state index >= 15 is 0 Å². The van der Waals surface area contributed by atoms with Crippen molar-refractivity contribution in [2.75, 3.05) is 44.8 Å². The number of fused-ring (bicyclic) bond motifs is 3. The van der Waals surface area contributed by atoms with Crippen LogP contribution in [0.5, 0.6) is 5.75 Å². The van der Waals surface area contributed by atoms with Crippen molar-refractivity contribution in [3.63, 3.8) is 0 Å². The molecule has 2 N–H and O–H groups in total. The number of nitrogens with zero attached hydrogens (tertiary/aromatic N) is 1. The Morgan fingerprint density at radius 1 is 1.13 bits per heavy atom. The molecule has 1 saturated heterocycles. The standard InChI is InChI=1S/C25H33N3O3/c1-19-4-6-20(7-5-19)16-27-23-8-9-24-22(15-23)18-28-11-2-3-21(17-28)25(29)26-10-12-30-13-14-31-24/h4-9,15,21,27H,2-3,10-14,16-18H2,1H3,(H,26,29). The van der Waals surface area contributed by atoms with Crippen molar-refractivity contribution in [1.82, 2.24) is 10.2 Å². The molecule has 0 aromatic heterocycles. The number of carbonyl (C=O) groups excluding carboxylic acids is 1. The lowest BCUT2D eigenvalue weighted by Gasteiger charge is -2.32. The van der Waals surface area contributed by atoms with Crippen LogP contribution in [0.4, 0.5) is 5.69 Å². The molecule has 1 amide bonds. The van der Waals surface area contributed by atoms with Crippen molar-refractivity contribution in [1.29, 1.82) is 0 Å². The van der Waals surface area contributed by atoms with Crippen LogP contribution in [-0.2, 0) is 22.6 Å². The van der Waals surface area contributed by atoms with E-state index < -0.39 is 0 Å². The van der Waals surface area contributed by atoms with Gasteiger partial charge in [-0.3, -0.25) is 9.69 Å². The molecule has 166 valence electrons. The molecule has 2 aromatic rings. The second-order valence-corrected chi connectivity index (χ2v) is 8.49. The molecule has 31 heavy (non-hydrogen) atoms. The zero-order valence-electron chi connectivity index (χ0n) is 18.4. The molecule has 2 aromatic carbocycles. The quantitative estimate of drug-likeness (QED) is 0.793. The fourth-order valence-electron chi connectivity index (χ4n) is 4.22. The van der Waals surface area contributed by atoms with E-state index in [2.05, 4.69) is 58.9 Å². The van der Waals surface area contributed by atoms with E-state index in [-0.39, 0.29) is 11.8 Å². The van der Waals surface area contributed by atoms with Gasteiger partial charge in [-0.2, -0.15) is 0 Å². The van der Waals surface area contributed by atoms with Crippen molar-refractivity contribution in [3.8, 4) is 5.75 Å². The van der Waals surface area contributed by atoms with Gasteiger partial charge in [-0.05, 0) is 50.1 Å². The maximum Gasteiger partial charge on any atom is 0.224 e. The molecular formula is C25H33N3O3. The first kappa shape index (κ1) is 21.7. The van der Waals surface area contributed by atoms with Gasteiger partial charge in [0.25, 0.3) is 0 Å². The first-order chi connectivity index (χ1) is 15.2. The van der Waals surface area contributed by atoms with Crippen LogP contribution in [0.1, 0.15) is 29.5 Å². The highest BCUT2D eigenvalue weighted by molar-refractivity contribution is 5.78. The van der Waals surface area contributed by atoms with Gasteiger partial charge in [-0.25, -0.2) is 0 Å². The summed E-state index contributed by atoms with van der Waals surface area (Å²) in [7, 11) is 0. The maximum absolute atomic E-state index is 12.5. The predicted octanol–water partition coefficient (Wildman–Crippen LogP) is 3.34. The van der Waals surface area contributed by atoms with E-state index in [1.54, 1.807) is 0 Å². The molecule has 2 atom stereocenters. The molecule has 6 heteroatoms. The van der Waals surface area contributed by atoms with E-state index in [1.807, 2.05) is 6.07 Å². The number of rotatable bonds is 3. The molecule has 2 aliphatic rings. The molecular weight excluding hydrogens is 390 g/mol. The fraction of sp³-hybridized carbons (Fsp3) is 0.480. The second-order valence-electron chi connectivity index (χ2n) is 8.49. The van der Waals surface area contributed by atoms with Gasteiger partial charge in [0.2, 0.25) is 5.91 Å². The Balaban J connectivity index is 1.49. The lowest BCUT2D eigenvalue weighted by molar-refractivity contribution is -0.127. The van der Waals surface area contributed by atoms with E-state index in [4.69, 9.17) is 9.47 Å². The summed E-state index contributed by atoms with van der Waals surface area (Å²) in [6, 6.07) is 14.9. The molecule has 2 heterocycles. The fourth-order valence-corrected chi connectivity index (χ4v) is 4.22. The number of benzene rings is 2. The van der Waals surface area contributed by atoms with Crippen LogP contribution in [0.2, 0.25) is 0 Å². The number of hydrogen-bond acceptors (Lipinski definition) is 5. The third kappa shape index (κ3) is 6.21. The molecule has 0 radical (unpaired) electrons. The predicted molar refractivity (Wildman–Crippen MR) is 122 cm³/mol. The summed E-state index contributed by atoms with van der Waals surface area (Å²) in [5.74, 6) is 1.09. The number of nitrogens with one attached hydrogen (secondary N) is 2. The van der Waals surface area contributed by atoms with Crippen molar-refractivity contribution in [2.45, 2.75) is 32.9 Å². The van der Waals surface area contributed by atoms with E-state index in [0.717, 1.165) is 56.0 Å².